The van der Waals surface area contributed by atoms with Gasteiger partial charge in [-0.15, -0.1) is 0 Å². The van der Waals surface area contributed by atoms with Crippen molar-refractivity contribution >= 4 is 5.97 Å². The molecule has 0 amide bonds. The van der Waals surface area contributed by atoms with E-state index >= 15 is 0 Å². The highest BCUT2D eigenvalue weighted by molar-refractivity contribution is 5.75. The molecule has 1 aromatic rings. The van der Waals surface area contributed by atoms with Gasteiger partial charge in [0.05, 0.1) is 7.11 Å². The van der Waals surface area contributed by atoms with E-state index < -0.39 is 0 Å². The van der Waals surface area contributed by atoms with Gasteiger partial charge in [-0.25, -0.2) is 0 Å². The molecule has 1 rings (SSSR count). The molecule has 0 aliphatic carbocycles. The van der Waals surface area contributed by atoms with Crippen LogP contribution < -0.4 is 5.32 Å². The van der Waals surface area contributed by atoms with Crippen LogP contribution in [-0.4, -0.2) is 19.1 Å². The first-order chi connectivity index (χ1) is 7.69. The highest BCUT2D eigenvalue weighted by Gasteiger charge is 2.17. The van der Waals surface area contributed by atoms with Crippen LogP contribution in [0.3, 0.4) is 0 Å². The van der Waals surface area contributed by atoms with Gasteiger partial charge in [-0.05, 0) is 18.9 Å². The van der Waals surface area contributed by atoms with E-state index in [4.69, 9.17) is 4.74 Å². The summed E-state index contributed by atoms with van der Waals surface area (Å²) >= 11 is 0. The van der Waals surface area contributed by atoms with Crippen LogP contribution >= 0.6 is 0 Å². The number of esters is 1. The maximum Gasteiger partial charge on any atom is 0.322 e. The Hall–Kier alpha value is -1.35. The minimum Gasteiger partial charge on any atom is -0.468 e. The SMILES string of the molecule is CCC(NC(C)C(=O)OC)c1ccccc1. The van der Waals surface area contributed by atoms with Crippen LogP contribution in [0, 0.1) is 0 Å². The van der Waals surface area contributed by atoms with Gasteiger partial charge < -0.3 is 4.74 Å². The number of carbonyl (C=O) groups excluding carboxylic acids is 1. The summed E-state index contributed by atoms with van der Waals surface area (Å²) in [6.45, 7) is 3.91. The summed E-state index contributed by atoms with van der Waals surface area (Å²) in [6, 6.07) is 10.0. The number of ether oxygens (including phenoxy) is 1. The first-order valence-electron chi connectivity index (χ1n) is 5.57. The Balaban J connectivity index is 2.66. The number of carbonyl (C=O) groups is 1. The lowest BCUT2D eigenvalue weighted by molar-refractivity contribution is -0.142. The van der Waals surface area contributed by atoms with E-state index in [9.17, 15) is 4.79 Å². The second-order valence-electron chi connectivity index (χ2n) is 3.78. The minimum atomic E-state index is -0.282. The topological polar surface area (TPSA) is 38.3 Å². The van der Waals surface area contributed by atoms with Crippen molar-refractivity contribution < 1.29 is 9.53 Å². The van der Waals surface area contributed by atoms with Gasteiger partial charge in [0.15, 0.2) is 0 Å². The Labute approximate surface area is 96.8 Å². The summed E-state index contributed by atoms with van der Waals surface area (Å²) in [5.41, 5.74) is 1.20. The Bertz CT molecular complexity index is 324. The number of hydrogen-bond donors (Lipinski definition) is 1. The molecule has 3 nitrogen and oxygen atoms in total. The molecule has 16 heavy (non-hydrogen) atoms. The van der Waals surface area contributed by atoms with E-state index in [1.807, 2.05) is 25.1 Å². The van der Waals surface area contributed by atoms with E-state index in [-0.39, 0.29) is 18.1 Å². The molecular formula is C13H19NO2. The van der Waals surface area contributed by atoms with Crippen molar-refractivity contribution in [3.8, 4) is 0 Å². The fourth-order valence-electron chi connectivity index (χ4n) is 1.68. The van der Waals surface area contributed by atoms with Crippen molar-refractivity contribution in [1.29, 1.82) is 0 Å². The normalized spacial score (nSPS) is 14.2. The van der Waals surface area contributed by atoms with Crippen LogP contribution in [0.5, 0.6) is 0 Å². The van der Waals surface area contributed by atoms with E-state index in [0.717, 1.165) is 6.42 Å². The van der Waals surface area contributed by atoms with Gasteiger partial charge in [-0.3, -0.25) is 10.1 Å². The molecule has 0 heterocycles. The second-order valence-corrected chi connectivity index (χ2v) is 3.78. The Kier molecular flexibility index (Phi) is 4.99. The average Bonchev–Trinajstić information content (AvgIpc) is 2.35. The van der Waals surface area contributed by atoms with Gasteiger partial charge in [0.25, 0.3) is 0 Å². The summed E-state index contributed by atoms with van der Waals surface area (Å²) in [7, 11) is 1.41. The van der Waals surface area contributed by atoms with Crippen LogP contribution in [0.15, 0.2) is 30.3 Å². The lowest BCUT2D eigenvalue weighted by atomic mass is 10.0. The monoisotopic (exact) mass is 221 g/mol. The minimum absolute atomic E-state index is 0.190. The first-order valence-corrected chi connectivity index (χ1v) is 5.57. The largest absolute Gasteiger partial charge is 0.468 e. The van der Waals surface area contributed by atoms with Crippen molar-refractivity contribution in [3.05, 3.63) is 35.9 Å². The fraction of sp³-hybridized carbons (Fsp3) is 0.462. The van der Waals surface area contributed by atoms with Gasteiger partial charge >= 0.3 is 5.97 Å². The molecule has 0 fully saturated rings. The molecule has 1 aromatic carbocycles. The fourth-order valence-corrected chi connectivity index (χ4v) is 1.68. The van der Waals surface area contributed by atoms with Gasteiger partial charge in [0, 0.05) is 6.04 Å². The molecule has 88 valence electrons. The summed E-state index contributed by atoms with van der Waals surface area (Å²) in [6.07, 6.45) is 0.936. The number of benzene rings is 1. The Morgan fingerprint density at radius 3 is 2.50 bits per heavy atom. The van der Waals surface area contributed by atoms with Crippen molar-refractivity contribution in [2.45, 2.75) is 32.4 Å². The number of methoxy groups -OCH3 is 1. The molecule has 1 N–H and O–H groups in total. The quantitative estimate of drug-likeness (QED) is 0.775. The molecule has 0 aromatic heterocycles. The van der Waals surface area contributed by atoms with Gasteiger partial charge in [-0.2, -0.15) is 0 Å². The van der Waals surface area contributed by atoms with Crippen molar-refractivity contribution in [1.82, 2.24) is 5.32 Å². The van der Waals surface area contributed by atoms with E-state index in [1.54, 1.807) is 0 Å². The van der Waals surface area contributed by atoms with Crippen LogP contribution in [0.25, 0.3) is 0 Å². The maximum atomic E-state index is 11.3. The zero-order valence-electron chi connectivity index (χ0n) is 10.1. The molecular weight excluding hydrogens is 202 g/mol. The number of hydrogen-bond acceptors (Lipinski definition) is 3. The van der Waals surface area contributed by atoms with Crippen molar-refractivity contribution in [2.24, 2.45) is 0 Å². The van der Waals surface area contributed by atoms with Crippen LogP contribution in [0.2, 0.25) is 0 Å². The third-order valence-electron chi connectivity index (χ3n) is 2.62. The third kappa shape index (κ3) is 3.35. The zero-order valence-corrected chi connectivity index (χ0v) is 10.1. The summed E-state index contributed by atoms with van der Waals surface area (Å²) < 4.78 is 4.69. The molecule has 0 spiro atoms. The summed E-state index contributed by atoms with van der Waals surface area (Å²) in [5, 5.41) is 3.26. The predicted octanol–water partition coefficient (Wildman–Crippen LogP) is 2.29. The molecule has 2 atom stereocenters. The van der Waals surface area contributed by atoms with Crippen LogP contribution in [0.1, 0.15) is 31.9 Å². The molecule has 0 aliphatic rings. The molecule has 0 saturated carbocycles. The van der Waals surface area contributed by atoms with Gasteiger partial charge in [0.1, 0.15) is 6.04 Å². The smallest absolute Gasteiger partial charge is 0.322 e. The number of rotatable bonds is 5. The molecule has 0 saturated heterocycles. The van der Waals surface area contributed by atoms with Gasteiger partial charge in [-0.1, -0.05) is 37.3 Å². The maximum absolute atomic E-state index is 11.3. The lowest BCUT2D eigenvalue weighted by Gasteiger charge is -2.21. The summed E-state index contributed by atoms with van der Waals surface area (Å²) in [4.78, 5) is 11.3. The zero-order chi connectivity index (χ0) is 12.0. The van der Waals surface area contributed by atoms with Gasteiger partial charge in [0.2, 0.25) is 0 Å². The van der Waals surface area contributed by atoms with Crippen molar-refractivity contribution in [2.75, 3.05) is 7.11 Å². The van der Waals surface area contributed by atoms with Crippen LogP contribution in [0.4, 0.5) is 0 Å². The lowest BCUT2D eigenvalue weighted by Crippen LogP contribution is -2.37. The molecule has 2 unspecified atom stereocenters. The van der Waals surface area contributed by atoms with E-state index in [1.165, 1.54) is 12.7 Å². The van der Waals surface area contributed by atoms with Crippen molar-refractivity contribution in [3.63, 3.8) is 0 Å². The van der Waals surface area contributed by atoms with E-state index in [0.29, 0.717) is 0 Å². The third-order valence-corrected chi connectivity index (χ3v) is 2.62. The predicted molar refractivity (Wildman–Crippen MR) is 64.1 cm³/mol. The Morgan fingerprint density at radius 1 is 1.38 bits per heavy atom. The molecule has 0 aliphatic heterocycles. The van der Waals surface area contributed by atoms with E-state index in [2.05, 4.69) is 24.4 Å². The number of nitrogens with one attached hydrogen (secondary N) is 1. The highest BCUT2D eigenvalue weighted by Crippen LogP contribution is 2.16. The first kappa shape index (κ1) is 12.7. The Morgan fingerprint density at radius 2 is 2.00 bits per heavy atom. The molecule has 0 bridgehead atoms. The summed E-state index contributed by atoms with van der Waals surface area (Å²) in [5.74, 6) is -0.227. The standard InChI is InChI=1S/C13H19NO2/c1-4-12(11-8-6-5-7-9-11)14-10(2)13(15)16-3/h5-10,12,14H,4H2,1-3H3. The highest BCUT2D eigenvalue weighted by atomic mass is 16.5. The molecule has 3 heteroatoms. The second kappa shape index (κ2) is 6.28. The average molecular weight is 221 g/mol. The molecule has 0 radical (unpaired) electrons. The van der Waals surface area contributed by atoms with Crippen LogP contribution in [-0.2, 0) is 9.53 Å².